The fourth-order valence-electron chi connectivity index (χ4n) is 1.81. The number of benzene rings is 1. The van der Waals surface area contributed by atoms with Crippen molar-refractivity contribution in [1.82, 2.24) is 0 Å². The molecule has 0 spiro atoms. The lowest BCUT2D eigenvalue weighted by molar-refractivity contribution is 0.452. The van der Waals surface area contributed by atoms with E-state index >= 15 is 0 Å². The van der Waals surface area contributed by atoms with Gasteiger partial charge in [-0.2, -0.15) is 5.26 Å². The number of nitriles is 1. The Balaban J connectivity index is 0.00000144. The molecule has 0 amide bonds. The molecule has 17 heavy (non-hydrogen) atoms. The molecule has 0 aliphatic heterocycles. The van der Waals surface area contributed by atoms with E-state index in [0.717, 1.165) is 6.42 Å². The maximum atomic E-state index is 9.88. The highest BCUT2D eigenvalue weighted by Gasteiger charge is 2.26. The highest BCUT2D eigenvalue weighted by atomic mass is 79.9. The number of phenolic OH excluding ortho intramolecular Hbond substituents is 1. The van der Waals surface area contributed by atoms with Gasteiger partial charge in [-0.05, 0) is 40.4 Å². The Morgan fingerprint density at radius 1 is 1.53 bits per heavy atom. The van der Waals surface area contributed by atoms with E-state index in [4.69, 9.17) is 11.0 Å². The van der Waals surface area contributed by atoms with E-state index in [9.17, 15) is 5.11 Å². The fraction of sp³-hybridized carbons (Fsp3) is 0.417. The Bertz CT molecular complexity index is 455. The third-order valence-electron chi connectivity index (χ3n) is 2.91. The number of nitrogens with two attached hydrogens (primary N) is 1. The standard InChI is InChI=1S/C12H13BrN2O.ClH/c13-10-4-8(6-14)3-9(12(10)16)11(15)5-7-1-2-7;/h3-4,7,11,16H,1-2,5,15H2;1H/t11-;/m0./s1. The van der Waals surface area contributed by atoms with E-state index in [1.165, 1.54) is 12.8 Å². The number of rotatable bonds is 3. The molecule has 5 heteroatoms. The molecule has 1 aromatic rings. The number of halogens is 2. The van der Waals surface area contributed by atoms with Crippen molar-refractivity contribution < 1.29 is 5.11 Å². The normalized spacial score (nSPS) is 15.8. The van der Waals surface area contributed by atoms with Gasteiger partial charge < -0.3 is 10.8 Å². The lowest BCUT2D eigenvalue weighted by Crippen LogP contribution is -2.11. The number of phenols is 1. The van der Waals surface area contributed by atoms with E-state index in [2.05, 4.69) is 22.0 Å². The van der Waals surface area contributed by atoms with E-state index in [1.54, 1.807) is 12.1 Å². The van der Waals surface area contributed by atoms with Gasteiger partial charge in [-0.15, -0.1) is 12.4 Å². The summed E-state index contributed by atoms with van der Waals surface area (Å²) in [5, 5.41) is 18.7. The number of nitrogens with zero attached hydrogens (tertiary/aromatic N) is 1. The zero-order valence-electron chi connectivity index (χ0n) is 9.19. The Labute approximate surface area is 115 Å². The van der Waals surface area contributed by atoms with Crippen LogP contribution in [-0.2, 0) is 0 Å². The molecule has 0 radical (unpaired) electrons. The van der Waals surface area contributed by atoms with Gasteiger partial charge in [-0.25, -0.2) is 0 Å². The molecule has 1 atom stereocenters. The smallest absolute Gasteiger partial charge is 0.134 e. The number of hydrogen-bond acceptors (Lipinski definition) is 3. The average Bonchev–Trinajstić information content (AvgIpc) is 3.05. The molecule has 0 aromatic heterocycles. The predicted octanol–water partition coefficient (Wildman–Crippen LogP) is 3.25. The molecule has 0 unspecified atom stereocenters. The minimum absolute atomic E-state index is 0. The highest BCUT2D eigenvalue weighted by molar-refractivity contribution is 9.10. The van der Waals surface area contributed by atoms with Crippen LogP contribution in [0.25, 0.3) is 0 Å². The van der Waals surface area contributed by atoms with Crippen molar-refractivity contribution in [2.75, 3.05) is 0 Å². The molecule has 1 aliphatic carbocycles. The minimum atomic E-state index is -0.183. The van der Waals surface area contributed by atoms with Crippen molar-refractivity contribution >= 4 is 28.3 Å². The summed E-state index contributed by atoms with van der Waals surface area (Å²) in [6.45, 7) is 0. The van der Waals surface area contributed by atoms with Crippen LogP contribution in [-0.4, -0.2) is 5.11 Å². The topological polar surface area (TPSA) is 70.0 Å². The first-order valence-electron chi connectivity index (χ1n) is 5.30. The summed E-state index contributed by atoms with van der Waals surface area (Å²) in [6, 6.07) is 5.15. The van der Waals surface area contributed by atoms with E-state index in [0.29, 0.717) is 21.5 Å². The first-order valence-corrected chi connectivity index (χ1v) is 6.09. The molecule has 92 valence electrons. The molecule has 0 bridgehead atoms. The van der Waals surface area contributed by atoms with Crippen molar-refractivity contribution in [2.24, 2.45) is 11.7 Å². The van der Waals surface area contributed by atoms with Crippen molar-refractivity contribution in [3.63, 3.8) is 0 Å². The summed E-state index contributed by atoms with van der Waals surface area (Å²) in [4.78, 5) is 0. The van der Waals surface area contributed by atoms with Gasteiger partial charge in [0.1, 0.15) is 5.75 Å². The monoisotopic (exact) mass is 316 g/mol. The van der Waals surface area contributed by atoms with Crippen LogP contribution in [0.5, 0.6) is 5.75 Å². The van der Waals surface area contributed by atoms with Crippen LogP contribution in [0, 0.1) is 17.2 Å². The molecule has 3 N–H and O–H groups in total. The van der Waals surface area contributed by atoms with Crippen molar-refractivity contribution in [2.45, 2.75) is 25.3 Å². The zero-order valence-corrected chi connectivity index (χ0v) is 11.6. The van der Waals surface area contributed by atoms with Gasteiger partial charge in [0.15, 0.2) is 0 Å². The summed E-state index contributed by atoms with van der Waals surface area (Å²) in [5.41, 5.74) is 7.22. The zero-order chi connectivity index (χ0) is 11.7. The molecule has 1 aliphatic rings. The molecular weight excluding hydrogens is 304 g/mol. The van der Waals surface area contributed by atoms with Gasteiger partial charge in [-0.1, -0.05) is 12.8 Å². The molecule has 3 nitrogen and oxygen atoms in total. The molecule has 0 heterocycles. The highest BCUT2D eigenvalue weighted by Crippen LogP contribution is 2.40. The molecule has 1 saturated carbocycles. The van der Waals surface area contributed by atoms with Crippen LogP contribution in [0.4, 0.5) is 0 Å². The fourth-order valence-corrected chi connectivity index (χ4v) is 2.28. The second-order valence-corrected chi connectivity index (χ2v) is 5.15. The van der Waals surface area contributed by atoms with Gasteiger partial charge in [0.25, 0.3) is 0 Å². The molecule has 1 aromatic carbocycles. The first kappa shape index (κ1) is 14.3. The van der Waals surface area contributed by atoms with E-state index in [1.807, 2.05) is 0 Å². The summed E-state index contributed by atoms with van der Waals surface area (Å²) in [7, 11) is 0. The molecule has 2 rings (SSSR count). The number of aromatic hydroxyl groups is 1. The maximum absolute atomic E-state index is 9.88. The summed E-state index contributed by atoms with van der Waals surface area (Å²) >= 11 is 3.23. The predicted molar refractivity (Wildman–Crippen MR) is 72.0 cm³/mol. The van der Waals surface area contributed by atoms with Gasteiger partial charge in [0.05, 0.1) is 16.1 Å². The van der Waals surface area contributed by atoms with Crippen LogP contribution < -0.4 is 5.73 Å². The first-order chi connectivity index (χ1) is 7.61. The van der Waals surface area contributed by atoms with Crippen molar-refractivity contribution in [1.29, 1.82) is 5.26 Å². The van der Waals surface area contributed by atoms with Crippen molar-refractivity contribution in [3.8, 4) is 11.8 Å². The van der Waals surface area contributed by atoms with Crippen LogP contribution in [0.1, 0.15) is 36.4 Å². The quantitative estimate of drug-likeness (QED) is 0.899. The molecular formula is C12H14BrClN2O. The minimum Gasteiger partial charge on any atom is -0.506 e. The lowest BCUT2D eigenvalue weighted by Gasteiger charge is -2.14. The third-order valence-corrected chi connectivity index (χ3v) is 3.51. The van der Waals surface area contributed by atoms with Crippen LogP contribution in [0.2, 0.25) is 0 Å². The number of hydrogen-bond donors (Lipinski definition) is 2. The third kappa shape index (κ3) is 3.35. The van der Waals surface area contributed by atoms with Gasteiger partial charge in [0, 0.05) is 11.6 Å². The largest absolute Gasteiger partial charge is 0.506 e. The van der Waals surface area contributed by atoms with E-state index in [-0.39, 0.29) is 24.2 Å². The van der Waals surface area contributed by atoms with E-state index < -0.39 is 0 Å². The van der Waals surface area contributed by atoms with Crippen LogP contribution in [0.15, 0.2) is 16.6 Å². The lowest BCUT2D eigenvalue weighted by atomic mass is 9.99. The van der Waals surface area contributed by atoms with Crippen molar-refractivity contribution in [3.05, 3.63) is 27.7 Å². The van der Waals surface area contributed by atoms with Gasteiger partial charge in [-0.3, -0.25) is 0 Å². The molecule has 1 fully saturated rings. The Morgan fingerprint density at radius 3 is 2.71 bits per heavy atom. The SMILES string of the molecule is Cl.N#Cc1cc(Br)c(O)c([C@@H](N)CC2CC2)c1. The second kappa shape index (κ2) is 5.72. The Kier molecular flexibility index (Phi) is 4.81. The second-order valence-electron chi connectivity index (χ2n) is 4.29. The summed E-state index contributed by atoms with van der Waals surface area (Å²) < 4.78 is 0.535. The van der Waals surface area contributed by atoms with Gasteiger partial charge >= 0.3 is 0 Å². The Morgan fingerprint density at radius 2 is 2.18 bits per heavy atom. The summed E-state index contributed by atoms with van der Waals surface area (Å²) in [5.74, 6) is 0.853. The molecule has 0 saturated heterocycles. The van der Waals surface area contributed by atoms with Gasteiger partial charge in [0.2, 0.25) is 0 Å². The average molecular weight is 318 g/mol. The maximum Gasteiger partial charge on any atom is 0.134 e. The van der Waals surface area contributed by atoms with Crippen LogP contribution >= 0.6 is 28.3 Å². The summed E-state index contributed by atoms with van der Waals surface area (Å²) in [6.07, 6.45) is 3.34. The van der Waals surface area contributed by atoms with Crippen LogP contribution in [0.3, 0.4) is 0 Å². The Hall–Kier alpha value is -0.760.